The minimum atomic E-state index is 0.296. The number of carbonyl (C=O) groups is 1. The molecule has 1 heterocycles. The van der Waals surface area contributed by atoms with E-state index in [-0.39, 0.29) is 0 Å². The first-order chi connectivity index (χ1) is 3.43. The zero-order valence-electron chi connectivity index (χ0n) is 3.79. The fraction of sp³-hybridized carbons (Fsp3) is 0.750. The van der Waals surface area contributed by atoms with Gasteiger partial charge in [-0.25, -0.2) is 0 Å². The Morgan fingerprint density at radius 1 is 1.71 bits per heavy atom. The van der Waals surface area contributed by atoms with E-state index in [1.807, 2.05) is 11.8 Å². The standard InChI is InChI=1S/C4H6OS2/c5-1-4-2-6-3-7-4/h1,4H,2-3H2. The Hall–Kier alpha value is 0.370. The van der Waals surface area contributed by atoms with E-state index in [1.165, 1.54) is 0 Å². The Morgan fingerprint density at radius 2 is 2.57 bits per heavy atom. The van der Waals surface area contributed by atoms with E-state index in [4.69, 9.17) is 0 Å². The van der Waals surface area contributed by atoms with Crippen molar-refractivity contribution in [2.75, 3.05) is 10.8 Å². The minimum absolute atomic E-state index is 0.296. The lowest BCUT2D eigenvalue weighted by atomic mass is 10.5. The summed E-state index contributed by atoms with van der Waals surface area (Å²) in [5.74, 6) is 1.02. The third-order valence-electron chi connectivity index (χ3n) is 0.799. The van der Waals surface area contributed by atoms with Crippen molar-refractivity contribution in [3.63, 3.8) is 0 Å². The normalized spacial score (nSPS) is 30.6. The smallest absolute Gasteiger partial charge is 0.133 e. The highest BCUT2D eigenvalue weighted by Gasteiger charge is 2.13. The van der Waals surface area contributed by atoms with Crippen LogP contribution in [0.15, 0.2) is 0 Å². The second-order valence-corrected chi connectivity index (χ2v) is 3.95. The maximum atomic E-state index is 9.97. The van der Waals surface area contributed by atoms with Gasteiger partial charge in [0, 0.05) is 10.8 Å². The Morgan fingerprint density at radius 3 is 2.86 bits per heavy atom. The van der Waals surface area contributed by atoms with Gasteiger partial charge in [0.15, 0.2) is 0 Å². The summed E-state index contributed by atoms with van der Waals surface area (Å²) < 4.78 is 0. The maximum Gasteiger partial charge on any atom is 0.133 e. The zero-order chi connectivity index (χ0) is 5.11. The molecule has 0 bridgehead atoms. The summed E-state index contributed by atoms with van der Waals surface area (Å²) in [6.45, 7) is 0. The van der Waals surface area contributed by atoms with Crippen LogP contribution in [0.3, 0.4) is 0 Å². The van der Waals surface area contributed by atoms with Crippen LogP contribution >= 0.6 is 23.5 Å². The highest BCUT2D eigenvalue weighted by atomic mass is 32.2. The lowest BCUT2D eigenvalue weighted by Gasteiger charge is -1.88. The quantitative estimate of drug-likeness (QED) is 0.498. The van der Waals surface area contributed by atoms with E-state index in [1.54, 1.807) is 11.8 Å². The van der Waals surface area contributed by atoms with Crippen LogP contribution in [0.2, 0.25) is 0 Å². The molecule has 0 aromatic carbocycles. The van der Waals surface area contributed by atoms with Crippen LogP contribution in [0.25, 0.3) is 0 Å². The van der Waals surface area contributed by atoms with Gasteiger partial charge in [-0.05, 0) is 0 Å². The zero-order valence-corrected chi connectivity index (χ0v) is 5.43. The lowest BCUT2D eigenvalue weighted by Crippen LogP contribution is -1.99. The van der Waals surface area contributed by atoms with Crippen LogP contribution in [-0.4, -0.2) is 22.4 Å². The monoisotopic (exact) mass is 134 g/mol. The predicted octanol–water partition coefficient (Wildman–Crippen LogP) is 0.991. The van der Waals surface area contributed by atoms with Crippen molar-refractivity contribution in [1.29, 1.82) is 0 Å². The SMILES string of the molecule is O=CC1CSCS1. The minimum Gasteiger partial charge on any atom is -0.302 e. The van der Waals surface area contributed by atoms with Crippen LogP contribution in [-0.2, 0) is 4.79 Å². The molecule has 1 unspecified atom stereocenters. The molecule has 1 atom stereocenters. The number of carbonyl (C=O) groups excluding carboxylic acids is 1. The van der Waals surface area contributed by atoms with Crippen LogP contribution in [0.4, 0.5) is 0 Å². The van der Waals surface area contributed by atoms with E-state index in [0.717, 1.165) is 17.1 Å². The molecule has 0 radical (unpaired) electrons. The molecule has 0 saturated carbocycles. The van der Waals surface area contributed by atoms with E-state index in [0.29, 0.717) is 5.25 Å². The van der Waals surface area contributed by atoms with Crippen molar-refractivity contribution < 1.29 is 4.79 Å². The Labute approximate surface area is 51.2 Å². The average Bonchev–Trinajstić information content (AvgIpc) is 2.14. The Balaban J connectivity index is 2.26. The van der Waals surface area contributed by atoms with Crippen LogP contribution < -0.4 is 0 Å². The summed E-state index contributed by atoms with van der Waals surface area (Å²) in [4.78, 5) is 9.97. The van der Waals surface area contributed by atoms with Crippen LogP contribution in [0.1, 0.15) is 0 Å². The number of hydrogen-bond donors (Lipinski definition) is 0. The molecule has 0 aromatic rings. The van der Waals surface area contributed by atoms with Crippen LogP contribution in [0.5, 0.6) is 0 Å². The molecule has 40 valence electrons. The fourth-order valence-corrected chi connectivity index (χ4v) is 2.96. The molecule has 1 saturated heterocycles. The summed E-state index contributed by atoms with van der Waals surface area (Å²) >= 11 is 3.58. The first-order valence-electron chi connectivity index (χ1n) is 2.08. The Bertz CT molecular complexity index is 68.1. The molecule has 7 heavy (non-hydrogen) atoms. The highest BCUT2D eigenvalue weighted by molar-refractivity contribution is 8.19. The van der Waals surface area contributed by atoms with Gasteiger partial charge in [-0.15, -0.1) is 23.5 Å². The van der Waals surface area contributed by atoms with Gasteiger partial charge in [0.05, 0.1) is 5.25 Å². The molecule has 0 amide bonds. The van der Waals surface area contributed by atoms with Gasteiger partial charge in [-0.2, -0.15) is 0 Å². The van der Waals surface area contributed by atoms with Gasteiger partial charge in [0.2, 0.25) is 0 Å². The summed E-state index contributed by atoms with van der Waals surface area (Å²) in [6.07, 6.45) is 1.03. The molecule has 3 heteroatoms. The lowest BCUT2D eigenvalue weighted by molar-refractivity contribution is -0.107. The topological polar surface area (TPSA) is 17.1 Å². The second kappa shape index (κ2) is 2.62. The van der Waals surface area contributed by atoms with Crippen molar-refractivity contribution in [2.45, 2.75) is 5.25 Å². The summed E-state index contributed by atoms with van der Waals surface area (Å²) in [7, 11) is 0. The maximum absolute atomic E-state index is 9.97. The highest BCUT2D eigenvalue weighted by Crippen LogP contribution is 2.27. The number of thioether (sulfide) groups is 2. The van der Waals surface area contributed by atoms with Crippen molar-refractivity contribution in [1.82, 2.24) is 0 Å². The first-order valence-corrected chi connectivity index (χ1v) is 4.28. The largest absolute Gasteiger partial charge is 0.302 e. The molecule has 0 aromatic heterocycles. The van der Waals surface area contributed by atoms with Crippen molar-refractivity contribution in [2.24, 2.45) is 0 Å². The summed E-state index contributed by atoms with van der Waals surface area (Å²) in [5, 5.41) is 1.40. The van der Waals surface area contributed by atoms with E-state index < -0.39 is 0 Å². The van der Waals surface area contributed by atoms with Gasteiger partial charge >= 0.3 is 0 Å². The summed E-state index contributed by atoms with van der Waals surface area (Å²) in [5.41, 5.74) is 0. The molecular formula is C4H6OS2. The third kappa shape index (κ3) is 1.39. The van der Waals surface area contributed by atoms with E-state index in [2.05, 4.69) is 0 Å². The molecule has 1 nitrogen and oxygen atoms in total. The predicted molar refractivity (Wildman–Crippen MR) is 34.8 cm³/mol. The molecule has 1 aliphatic rings. The molecule has 0 spiro atoms. The number of rotatable bonds is 1. The van der Waals surface area contributed by atoms with Crippen molar-refractivity contribution in [3.8, 4) is 0 Å². The van der Waals surface area contributed by atoms with Crippen molar-refractivity contribution in [3.05, 3.63) is 0 Å². The molecule has 1 fully saturated rings. The molecule has 1 aliphatic heterocycles. The van der Waals surface area contributed by atoms with E-state index in [9.17, 15) is 4.79 Å². The number of aldehydes is 1. The third-order valence-corrected chi connectivity index (χ3v) is 3.52. The first kappa shape index (κ1) is 5.51. The molecule has 0 aliphatic carbocycles. The van der Waals surface area contributed by atoms with Gasteiger partial charge in [-0.1, -0.05) is 0 Å². The molecule has 1 rings (SSSR count). The average molecular weight is 134 g/mol. The summed E-state index contributed by atoms with van der Waals surface area (Å²) in [6, 6.07) is 0. The van der Waals surface area contributed by atoms with Gasteiger partial charge in [0.1, 0.15) is 6.29 Å². The number of hydrogen-bond acceptors (Lipinski definition) is 3. The van der Waals surface area contributed by atoms with E-state index >= 15 is 0 Å². The van der Waals surface area contributed by atoms with Crippen LogP contribution in [0, 0.1) is 0 Å². The second-order valence-electron chi connectivity index (χ2n) is 1.33. The Kier molecular flexibility index (Phi) is 2.06. The van der Waals surface area contributed by atoms with Gasteiger partial charge in [0.25, 0.3) is 0 Å². The van der Waals surface area contributed by atoms with Gasteiger partial charge < -0.3 is 4.79 Å². The fourth-order valence-electron chi connectivity index (χ4n) is 0.426. The van der Waals surface area contributed by atoms with Crippen molar-refractivity contribution >= 4 is 29.8 Å². The van der Waals surface area contributed by atoms with Gasteiger partial charge in [-0.3, -0.25) is 0 Å². The molecule has 0 N–H and O–H groups in total. The molecular weight excluding hydrogens is 128 g/mol.